The van der Waals surface area contributed by atoms with E-state index in [0.29, 0.717) is 5.41 Å². The third kappa shape index (κ3) is 3.82. The van der Waals surface area contributed by atoms with Crippen LogP contribution in [0.4, 0.5) is 0 Å². The van der Waals surface area contributed by atoms with Crippen LogP contribution in [0.3, 0.4) is 0 Å². The normalized spacial score (nSPS) is 24.2. The van der Waals surface area contributed by atoms with Crippen LogP contribution in [0.5, 0.6) is 0 Å². The minimum Gasteiger partial charge on any atom is -0.356 e. The number of likely N-dealkylation sites (tertiary alicyclic amines) is 1. The van der Waals surface area contributed by atoms with Crippen molar-refractivity contribution in [2.75, 3.05) is 26.7 Å². The third-order valence-electron chi connectivity index (χ3n) is 5.17. The first-order valence-electron chi connectivity index (χ1n) is 8.70. The topological polar surface area (TPSA) is 27.6 Å². The lowest BCUT2D eigenvalue weighted by Crippen LogP contribution is -2.47. The fourth-order valence-corrected chi connectivity index (χ4v) is 3.60. The van der Waals surface area contributed by atoms with Gasteiger partial charge in [0.25, 0.3) is 0 Å². The predicted octanol–water partition coefficient (Wildman–Crippen LogP) is 3.32. The average Bonchev–Trinajstić information content (AvgIpc) is 3.29. The van der Waals surface area contributed by atoms with Gasteiger partial charge in [0.15, 0.2) is 5.96 Å². The summed E-state index contributed by atoms with van der Waals surface area (Å²) < 4.78 is 0. The van der Waals surface area contributed by atoms with E-state index in [4.69, 9.17) is 0 Å². The molecule has 0 bridgehead atoms. The van der Waals surface area contributed by atoms with Crippen LogP contribution in [-0.4, -0.2) is 37.5 Å². The summed E-state index contributed by atoms with van der Waals surface area (Å²) in [6, 6.07) is 10.9. The van der Waals surface area contributed by atoms with Crippen LogP contribution in [0.2, 0.25) is 0 Å². The van der Waals surface area contributed by atoms with Crippen molar-refractivity contribution in [1.82, 2.24) is 10.2 Å². The van der Waals surface area contributed by atoms with Crippen LogP contribution in [0.25, 0.3) is 0 Å². The van der Waals surface area contributed by atoms with Crippen molar-refractivity contribution in [2.24, 2.45) is 16.3 Å². The predicted molar refractivity (Wildman–Crippen MR) is 93.1 cm³/mol. The SMILES string of the molecule is CN=C(NCC1(Cc2ccccc2)CC1)N1CCCC(C)C1. The highest BCUT2D eigenvalue weighted by Gasteiger charge is 2.42. The number of nitrogens with one attached hydrogen (secondary N) is 1. The summed E-state index contributed by atoms with van der Waals surface area (Å²) in [7, 11) is 1.92. The Morgan fingerprint density at radius 2 is 2.09 bits per heavy atom. The molecule has 1 unspecified atom stereocenters. The fourth-order valence-electron chi connectivity index (χ4n) is 3.60. The van der Waals surface area contributed by atoms with Crippen LogP contribution < -0.4 is 5.32 Å². The molecule has 1 saturated carbocycles. The molecule has 0 aromatic heterocycles. The molecule has 3 heteroatoms. The summed E-state index contributed by atoms with van der Waals surface area (Å²) in [5, 5.41) is 3.66. The zero-order valence-corrected chi connectivity index (χ0v) is 14.0. The van der Waals surface area contributed by atoms with Gasteiger partial charge in [0.2, 0.25) is 0 Å². The number of guanidine groups is 1. The lowest BCUT2D eigenvalue weighted by Gasteiger charge is -2.34. The molecule has 0 amide bonds. The molecular weight excluding hydrogens is 270 g/mol. The van der Waals surface area contributed by atoms with Crippen LogP contribution in [-0.2, 0) is 6.42 Å². The van der Waals surface area contributed by atoms with Crippen LogP contribution >= 0.6 is 0 Å². The maximum absolute atomic E-state index is 4.52. The zero-order valence-electron chi connectivity index (χ0n) is 14.0. The van der Waals surface area contributed by atoms with Gasteiger partial charge in [0, 0.05) is 26.7 Å². The van der Waals surface area contributed by atoms with Crippen molar-refractivity contribution in [2.45, 2.75) is 39.0 Å². The molecule has 22 heavy (non-hydrogen) atoms. The van der Waals surface area contributed by atoms with Crippen molar-refractivity contribution >= 4 is 5.96 Å². The van der Waals surface area contributed by atoms with Crippen molar-refractivity contribution in [1.29, 1.82) is 0 Å². The summed E-state index contributed by atoms with van der Waals surface area (Å²) in [6.45, 7) is 5.69. The molecule has 1 N–H and O–H groups in total. The van der Waals surface area contributed by atoms with Crippen LogP contribution in [0, 0.1) is 11.3 Å². The van der Waals surface area contributed by atoms with Gasteiger partial charge in [-0.05, 0) is 49.0 Å². The summed E-state index contributed by atoms with van der Waals surface area (Å²) in [4.78, 5) is 6.95. The summed E-state index contributed by atoms with van der Waals surface area (Å²) in [5.74, 6) is 1.89. The second-order valence-electron chi connectivity index (χ2n) is 7.26. The molecule has 1 heterocycles. The maximum atomic E-state index is 4.52. The highest BCUT2D eigenvalue weighted by atomic mass is 15.3. The molecular formula is C19H29N3. The first-order valence-corrected chi connectivity index (χ1v) is 8.70. The van der Waals surface area contributed by atoms with E-state index in [0.717, 1.165) is 31.5 Å². The number of nitrogens with zero attached hydrogens (tertiary/aromatic N) is 2. The molecule has 0 spiro atoms. The minimum absolute atomic E-state index is 0.457. The molecule has 1 atom stereocenters. The molecule has 2 fully saturated rings. The molecule has 0 radical (unpaired) electrons. The van der Waals surface area contributed by atoms with E-state index in [1.165, 1.54) is 37.7 Å². The molecule has 3 rings (SSSR count). The summed E-state index contributed by atoms with van der Waals surface area (Å²) in [5.41, 5.74) is 1.92. The Morgan fingerprint density at radius 3 is 2.73 bits per heavy atom. The van der Waals surface area contributed by atoms with E-state index in [1.54, 1.807) is 0 Å². The highest BCUT2D eigenvalue weighted by Crippen LogP contribution is 2.47. The van der Waals surface area contributed by atoms with Gasteiger partial charge in [0.1, 0.15) is 0 Å². The van der Waals surface area contributed by atoms with Crippen LogP contribution in [0.1, 0.15) is 38.2 Å². The van der Waals surface area contributed by atoms with Crippen molar-refractivity contribution in [3.8, 4) is 0 Å². The number of aliphatic imine (C=N–C) groups is 1. The summed E-state index contributed by atoms with van der Waals surface area (Å²) >= 11 is 0. The van der Waals surface area contributed by atoms with Gasteiger partial charge in [-0.25, -0.2) is 0 Å². The molecule has 1 aromatic carbocycles. The molecule has 1 aliphatic heterocycles. The van der Waals surface area contributed by atoms with Crippen molar-refractivity contribution in [3.05, 3.63) is 35.9 Å². The van der Waals surface area contributed by atoms with Gasteiger partial charge in [-0.2, -0.15) is 0 Å². The van der Waals surface area contributed by atoms with E-state index in [1.807, 2.05) is 7.05 Å². The maximum Gasteiger partial charge on any atom is 0.193 e. The van der Waals surface area contributed by atoms with E-state index in [-0.39, 0.29) is 0 Å². The quantitative estimate of drug-likeness (QED) is 0.682. The van der Waals surface area contributed by atoms with Gasteiger partial charge in [-0.3, -0.25) is 4.99 Å². The second kappa shape index (κ2) is 6.72. The Morgan fingerprint density at radius 1 is 1.32 bits per heavy atom. The lowest BCUT2D eigenvalue weighted by atomic mass is 9.96. The largest absolute Gasteiger partial charge is 0.356 e. The number of hydrogen-bond acceptors (Lipinski definition) is 1. The Bertz CT molecular complexity index is 505. The Balaban J connectivity index is 1.54. The van der Waals surface area contributed by atoms with Crippen molar-refractivity contribution in [3.63, 3.8) is 0 Å². The van der Waals surface area contributed by atoms with Crippen molar-refractivity contribution < 1.29 is 0 Å². The van der Waals surface area contributed by atoms with Gasteiger partial charge < -0.3 is 10.2 Å². The molecule has 1 aromatic rings. The number of piperidine rings is 1. The molecule has 120 valence electrons. The van der Waals surface area contributed by atoms with Gasteiger partial charge in [0.05, 0.1) is 0 Å². The minimum atomic E-state index is 0.457. The van der Waals surface area contributed by atoms with Gasteiger partial charge >= 0.3 is 0 Å². The molecule has 3 nitrogen and oxygen atoms in total. The van der Waals surface area contributed by atoms with Gasteiger partial charge in [-0.1, -0.05) is 37.3 Å². The first-order chi connectivity index (χ1) is 10.7. The fraction of sp³-hybridized carbons (Fsp3) is 0.632. The number of rotatable bonds is 4. The van der Waals surface area contributed by atoms with E-state index >= 15 is 0 Å². The Hall–Kier alpha value is -1.51. The van der Waals surface area contributed by atoms with E-state index in [9.17, 15) is 0 Å². The van der Waals surface area contributed by atoms with Gasteiger partial charge in [-0.15, -0.1) is 0 Å². The standard InChI is InChI=1S/C19H29N3/c1-16-7-6-12-22(14-16)18(20-2)21-15-19(10-11-19)13-17-8-4-3-5-9-17/h3-5,8-9,16H,6-7,10-15H2,1-2H3,(H,20,21). The lowest BCUT2D eigenvalue weighted by molar-refractivity contribution is 0.264. The number of hydrogen-bond donors (Lipinski definition) is 1. The Kier molecular flexibility index (Phi) is 4.70. The molecule has 1 saturated heterocycles. The number of benzene rings is 1. The second-order valence-corrected chi connectivity index (χ2v) is 7.26. The molecule has 1 aliphatic carbocycles. The van der Waals surface area contributed by atoms with E-state index in [2.05, 4.69) is 52.5 Å². The smallest absolute Gasteiger partial charge is 0.193 e. The molecule has 2 aliphatic rings. The summed E-state index contributed by atoms with van der Waals surface area (Å²) in [6.07, 6.45) is 6.50. The zero-order chi connectivity index (χ0) is 15.4. The first kappa shape index (κ1) is 15.4. The Labute approximate surface area is 134 Å². The van der Waals surface area contributed by atoms with E-state index < -0.39 is 0 Å². The third-order valence-corrected chi connectivity index (χ3v) is 5.17. The average molecular weight is 299 g/mol. The monoisotopic (exact) mass is 299 g/mol. The highest BCUT2D eigenvalue weighted by molar-refractivity contribution is 5.80. The van der Waals surface area contributed by atoms with Crippen LogP contribution in [0.15, 0.2) is 35.3 Å².